The first-order valence-electron chi connectivity index (χ1n) is 6.31. The summed E-state index contributed by atoms with van der Waals surface area (Å²) in [5.74, 6) is -0.0940. The van der Waals surface area contributed by atoms with Crippen molar-refractivity contribution in [3.05, 3.63) is 21.7 Å². The number of nitrogens with zero attached hydrogens (tertiary/aromatic N) is 1. The summed E-state index contributed by atoms with van der Waals surface area (Å²) in [5.41, 5.74) is -0.256. The molecule has 0 amide bonds. The highest BCUT2D eigenvalue weighted by Gasteiger charge is 2.62. The van der Waals surface area contributed by atoms with E-state index in [2.05, 4.69) is 9.97 Å². The maximum atomic E-state index is 13.2. The molecule has 1 aromatic heterocycles. The second-order valence-corrected chi connectivity index (χ2v) is 6.71. The molecule has 0 aliphatic heterocycles. The van der Waals surface area contributed by atoms with E-state index in [9.17, 15) is 13.2 Å². The number of aromatic nitrogens is 2. The number of rotatable bonds is 0. The largest absolute Gasteiger partial charge is 0.433 e. The van der Waals surface area contributed by atoms with Gasteiger partial charge in [-0.2, -0.15) is 13.2 Å². The lowest BCUT2D eigenvalue weighted by Crippen LogP contribution is -2.32. The van der Waals surface area contributed by atoms with E-state index in [0.29, 0.717) is 11.3 Å². The van der Waals surface area contributed by atoms with E-state index >= 15 is 0 Å². The van der Waals surface area contributed by atoms with Crippen molar-refractivity contribution in [3.63, 3.8) is 0 Å². The average Bonchev–Trinajstić information content (AvgIpc) is 2.58. The van der Waals surface area contributed by atoms with Crippen LogP contribution in [0.1, 0.15) is 56.5 Å². The number of alkyl halides is 3. The van der Waals surface area contributed by atoms with Gasteiger partial charge < -0.3 is 4.98 Å². The van der Waals surface area contributed by atoms with Gasteiger partial charge in [-0.25, -0.2) is 4.98 Å². The quantitative estimate of drug-likeness (QED) is 0.720. The zero-order valence-corrected chi connectivity index (χ0v) is 11.8. The first-order valence-corrected chi connectivity index (χ1v) is 6.72. The number of halogens is 3. The fourth-order valence-corrected chi connectivity index (χ4v) is 4.12. The summed E-state index contributed by atoms with van der Waals surface area (Å²) in [5, 5.41) is 0. The van der Waals surface area contributed by atoms with Gasteiger partial charge in [-0.3, -0.25) is 0 Å². The number of hydrogen-bond acceptors (Lipinski definition) is 2. The van der Waals surface area contributed by atoms with Crippen LogP contribution >= 0.6 is 12.2 Å². The molecule has 19 heavy (non-hydrogen) atoms. The van der Waals surface area contributed by atoms with E-state index in [-0.39, 0.29) is 21.5 Å². The Kier molecular flexibility index (Phi) is 2.34. The monoisotopic (exact) mass is 288 g/mol. The summed E-state index contributed by atoms with van der Waals surface area (Å²) in [6.07, 6.45) is -2.76. The Hall–Kier alpha value is -0.910. The lowest BCUT2D eigenvalue weighted by atomic mass is 9.70. The number of nitrogens with one attached hydrogen (secondary N) is 1. The van der Waals surface area contributed by atoms with Crippen molar-refractivity contribution < 1.29 is 13.2 Å². The van der Waals surface area contributed by atoms with Crippen LogP contribution in [0.3, 0.4) is 0 Å². The number of aromatic amines is 1. The van der Waals surface area contributed by atoms with Gasteiger partial charge in [0.05, 0.1) is 0 Å². The Labute approximate surface area is 114 Å². The van der Waals surface area contributed by atoms with E-state index < -0.39 is 11.9 Å². The van der Waals surface area contributed by atoms with Crippen LogP contribution in [0.25, 0.3) is 0 Å². The minimum Gasteiger partial charge on any atom is -0.334 e. The molecule has 0 spiro atoms. The summed E-state index contributed by atoms with van der Waals surface area (Å²) < 4.78 is 39.5. The third kappa shape index (κ3) is 1.43. The third-order valence-corrected chi connectivity index (χ3v) is 5.56. The Morgan fingerprint density at radius 3 is 2.53 bits per heavy atom. The Bertz CT molecular complexity index is 617. The van der Waals surface area contributed by atoms with Crippen LogP contribution in [0.5, 0.6) is 0 Å². The molecule has 2 aliphatic rings. The molecule has 2 aliphatic carbocycles. The number of H-pyrrole nitrogens is 1. The fraction of sp³-hybridized carbons (Fsp3) is 0.692. The SMILES string of the molecule is CC1(C)[C@H]2CC[C@@]1(C)c1[nH]c(=S)nc(C(F)(F)F)c12. The van der Waals surface area contributed by atoms with Gasteiger partial charge in [0.15, 0.2) is 10.5 Å². The average molecular weight is 288 g/mol. The fourth-order valence-electron chi connectivity index (χ4n) is 3.93. The lowest BCUT2D eigenvalue weighted by molar-refractivity contribution is -0.142. The van der Waals surface area contributed by atoms with Gasteiger partial charge in [0.2, 0.25) is 0 Å². The van der Waals surface area contributed by atoms with Crippen LogP contribution in [0.2, 0.25) is 0 Å². The minimum absolute atomic E-state index is 0.0735. The molecule has 3 rings (SSSR count). The maximum absolute atomic E-state index is 13.2. The Morgan fingerprint density at radius 2 is 1.95 bits per heavy atom. The highest BCUT2D eigenvalue weighted by atomic mass is 32.1. The first kappa shape index (κ1) is 13.1. The van der Waals surface area contributed by atoms with Crippen LogP contribution in [-0.2, 0) is 11.6 Å². The number of fused-ring (bicyclic) bond motifs is 5. The highest BCUT2D eigenvalue weighted by Crippen LogP contribution is 2.68. The topological polar surface area (TPSA) is 28.7 Å². The molecule has 104 valence electrons. The molecule has 0 unspecified atom stereocenters. The standard InChI is InChI=1S/C13H15F3N2S/c1-11(2)6-4-5-12(11,3)8-7(6)9(13(14,15)16)18-10(19)17-8/h6H,4-5H2,1-3H3,(H,17,18,19)/t6-,12-/m0/s1. The highest BCUT2D eigenvalue weighted by molar-refractivity contribution is 7.71. The van der Waals surface area contributed by atoms with Gasteiger partial charge >= 0.3 is 6.18 Å². The van der Waals surface area contributed by atoms with Crippen molar-refractivity contribution in [1.82, 2.24) is 9.97 Å². The molecule has 1 fully saturated rings. The zero-order valence-electron chi connectivity index (χ0n) is 11.0. The van der Waals surface area contributed by atoms with Crippen molar-refractivity contribution >= 4 is 12.2 Å². The molecule has 1 heterocycles. The lowest BCUT2D eigenvalue weighted by Gasteiger charge is -2.34. The molecule has 0 radical (unpaired) electrons. The van der Waals surface area contributed by atoms with Crippen LogP contribution < -0.4 is 0 Å². The zero-order chi connectivity index (χ0) is 14.2. The summed E-state index contributed by atoms with van der Waals surface area (Å²) in [4.78, 5) is 6.50. The van der Waals surface area contributed by atoms with Gasteiger partial charge in [-0.15, -0.1) is 0 Å². The van der Waals surface area contributed by atoms with E-state index in [1.165, 1.54) is 0 Å². The Balaban J connectivity index is 2.37. The van der Waals surface area contributed by atoms with Gasteiger partial charge in [0, 0.05) is 16.7 Å². The molecule has 6 heteroatoms. The van der Waals surface area contributed by atoms with Crippen molar-refractivity contribution in [2.45, 2.75) is 51.1 Å². The molecule has 0 saturated heterocycles. The van der Waals surface area contributed by atoms with Gasteiger partial charge in [-0.1, -0.05) is 20.8 Å². The molecule has 2 atom stereocenters. The normalized spacial score (nSPS) is 31.6. The predicted molar refractivity (Wildman–Crippen MR) is 67.5 cm³/mol. The first-order chi connectivity index (χ1) is 8.59. The third-order valence-electron chi connectivity index (χ3n) is 5.36. The number of hydrogen-bond donors (Lipinski definition) is 1. The van der Waals surface area contributed by atoms with E-state index in [4.69, 9.17) is 12.2 Å². The van der Waals surface area contributed by atoms with Crippen molar-refractivity contribution in [2.24, 2.45) is 5.41 Å². The van der Waals surface area contributed by atoms with Crippen LogP contribution in [0, 0.1) is 10.2 Å². The van der Waals surface area contributed by atoms with Crippen LogP contribution in [0.4, 0.5) is 13.2 Å². The van der Waals surface area contributed by atoms with Crippen molar-refractivity contribution in [2.75, 3.05) is 0 Å². The Morgan fingerprint density at radius 1 is 1.32 bits per heavy atom. The summed E-state index contributed by atoms with van der Waals surface area (Å²) in [6.45, 7) is 6.12. The van der Waals surface area contributed by atoms with Crippen LogP contribution in [0.15, 0.2) is 0 Å². The molecule has 2 bridgehead atoms. The molecule has 2 nitrogen and oxygen atoms in total. The van der Waals surface area contributed by atoms with E-state index in [1.54, 1.807) is 0 Å². The summed E-state index contributed by atoms with van der Waals surface area (Å²) in [7, 11) is 0. The molecule has 1 N–H and O–H groups in total. The second kappa shape index (κ2) is 3.40. The summed E-state index contributed by atoms with van der Waals surface area (Å²) in [6, 6.07) is 0. The van der Waals surface area contributed by atoms with E-state index in [1.807, 2.05) is 20.8 Å². The molecule has 0 aromatic carbocycles. The molecular formula is C13H15F3N2S. The van der Waals surface area contributed by atoms with E-state index in [0.717, 1.165) is 12.8 Å². The smallest absolute Gasteiger partial charge is 0.334 e. The van der Waals surface area contributed by atoms with Gasteiger partial charge in [0.25, 0.3) is 0 Å². The maximum Gasteiger partial charge on any atom is 0.433 e. The molecule has 1 saturated carbocycles. The molecular weight excluding hydrogens is 273 g/mol. The molecule has 1 aromatic rings. The predicted octanol–water partition coefficient (Wildman–Crippen LogP) is 4.33. The van der Waals surface area contributed by atoms with Crippen LogP contribution in [-0.4, -0.2) is 9.97 Å². The minimum atomic E-state index is -4.44. The van der Waals surface area contributed by atoms with Gasteiger partial charge in [0.1, 0.15) is 0 Å². The van der Waals surface area contributed by atoms with Gasteiger partial charge in [-0.05, 0) is 36.4 Å². The van der Waals surface area contributed by atoms with Crippen molar-refractivity contribution in [3.8, 4) is 0 Å². The second-order valence-electron chi connectivity index (χ2n) is 6.32. The van der Waals surface area contributed by atoms with Crippen molar-refractivity contribution in [1.29, 1.82) is 0 Å². The summed E-state index contributed by atoms with van der Waals surface area (Å²) >= 11 is 4.88.